The van der Waals surface area contributed by atoms with Gasteiger partial charge in [0, 0.05) is 6.20 Å². The molecule has 1 saturated heterocycles. The van der Waals surface area contributed by atoms with Gasteiger partial charge in [-0.25, -0.2) is 19.5 Å². The van der Waals surface area contributed by atoms with Crippen molar-refractivity contribution in [1.82, 2.24) is 15.2 Å². The van der Waals surface area contributed by atoms with Gasteiger partial charge in [-0.05, 0) is 48.2 Å². The van der Waals surface area contributed by atoms with Gasteiger partial charge in [-0.3, -0.25) is 4.79 Å². The number of ether oxygens (including phenoxy) is 1. The van der Waals surface area contributed by atoms with Crippen LogP contribution in [0.1, 0.15) is 36.9 Å². The van der Waals surface area contributed by atoms with E-state index in [9.17, 15) is 19.5 Å². The number of nitrogens with two attached hydrogens (primary N) is 1. The standard InChI is InChI=1S/C21H24N4O5/c1-11(13-7-8-23-16(22)10-13)17-18(20(27)28)25(19(17)26)21(29)24-12(2)14-5-4-6-15(9-14)30-3/h4-12,17-18H,1-3H3,(H2,22,23)(H,24,29)(H,27,28)/t11-,12?,17+,18-/m0/s1. The molecule has 0 bridgehead atoms. The molecule has 1 aromatic heterocycles. The molecular formula is C21H24N4O5. The number of nitrogen functional groups attached to an aromatic ring is 1. The van der Waals surface area contributed by atoms with Crippen LogP contribution in [-0.4, -0.2) is 46.0 Å². The molecule has 0 radical (unpaired) electrons. The highest BCUT2D eigenvalue weighted by Gasteiger charge is 2.57. The van der Waals surface area contributed by atoms with E-state index in [0.717, 1.165) is 10.5 Å². The second kappa shape index (κ2) is 8.40. The number of nitrogens with one attached hydrogen (secondary N) is 1. The molecular weight excluding hydrogens is 388 g/mol. The van der Waals surface area contributed by atoms with Crippen LogP contribution in [0, 0.1) is 5.92 Å². The first-order valence-electron chi connectivity index (χ1n) is 9.46. The van der Waals surface area contributed by atoms with E-state index in [-0.39, 0.29) is 5.82 Å². The van der Waals surface area contributed by atoms with E-state index >= 15 is 0 Å². The molecule has 3 amide bonds. The zero-order valence-electron chi connectivity index (χ0n) is 16.9. The highest BCUT2D eigenvalue weighted by atomic mass is 16.5. The number of imide groups is 1. The van der Waals surface area contributed by atoms with Gasteiger partial charge in [-0.15, -0.1) is 0 Å². The summed E-state index contributed by atoms with van der Waals surface area (Å²) in [5.41, 5.74) is 7.15. The molecule has 1 aliphatic heterocycles. The topological polar surface area (TPSA) is 135 Å². The van der Waals surface area contributed by atoms with Gasteiger partial charge in [-0.1, -0.05) is 19.1 Å². The number of aliphatic carboxylic acids is 1. The lowest BCUT2D eigenvalue weighted by molar-refractivity contribution is -0.166. The van der Waals surface area contributed by atoms with Crippen LogP contribution in [0.3, 0.4) is 0 Å². The van der Waals surface area contributed by atoms with Crippen molar-refractivity contribution < 1.29 is 24.2 Å². The van der Waals surface area contributed by atoms with Crippen molar-refractivity contribution in [1.29, 1.82) is 0 Å². The monoisotopic (exact) mass is 412 g/mol. The van der Waals surface area contributed by atoms with Crippen molar-refractivity contribution in [2.45, 2.75) is 31.8 Å². The maximum Gasteiger partial charge on any atom is 0.327 e. The van der Waals surface area contributed by atoms with E-state index in [0.29, 0.717) is 11.3 Å². The van der Waals surface area contributed by atoms with Crippen molar-refractivity contribution in [2.75, 3.05) is 12.8 Å². The molecule has 0 aliphatic carbocycles. The Morgan fingerprint density at radius 3 is 2.60 bits per heavy atom. The van der Waals surface area contributed by atoms with Crippen LogP contribution in [0.4, 0.5) is 10.6 Å². The number of hydrogen-bond acceptors (Lipinski definition) is 6. The minimum absolute atomic E-state index is 0.278. The maximum atomic E-state index is 12.8. The molecule has 1 fully saturated rings. The van der Waals surface area contributed by atoms with Crippen LogP contribution < -0.4 is 15.8 Å². The largest absolute Gasteiger partial charge is 0.497 e. The van der Waals surface area contributed by atoms with Crippen molar-refractivity contribution >= 4 is 23.7 Å². The van der Waals surface area contributed by atoms with Crippen LogP contribution >= 0.6 is 0 Å². The first kappa shape index (κ1) is 21.1. The molecule has 0 saturated carbocycles. The number of rotatable bonds is 6. The highest BCUT2D eigenvalue weighted by molar-refractivity contribution is 6.08. The average Bonchev–Trinajstić information content (AvgIpc) is 2.71. The number of benzene rings is 1. The normalized spacial score (nSPS) is 20.1. The van der Waals surface area contributed by atoms with Crippen LogP contribution in [-0.2, 0) is 9.59 Å². The molecule has 0 spiro atoms. The van der Waals surface area contributed by atoms with Crippen molar-refractivity contribution in [3.05, 3.63) is 53.7 Å². The lowest BCUT2D eigenvalue weighted by Crippen LogP contribution is -2.69. The molecule has 30 heavy (non-hydrogen) atoms. The summed E-state index contributed by atoms with van der Waals surface area (Å²) >= 11 is 0. The Labute approximate surface area is 173 Å². The fraction of sp³-hybridized carbons (Fsp3) is 0.333. The molecule has 1 aromatic carbocycles. The molecule has 1 unspecified atom stereocenters. The fourth-order valence-corrected chi connectivity index (χ4v) is 3.69. The van der Waals surface area contributed by atoms with Crippen LogP contribution in [0.5, 0.6) is 5.75 Å². The van der Waals surface area contributed by atoms with E-state index in [1.165, 1.54) is 13.3 Å². The highest BCUT2D eigenvalue weighted by Crippen LogP contribution is 2.39. The number of carboxylic acid groups (broad SMARTS) is 1. The summed E-state index contributed by atoms with van der Waals surface area (Å²) in [5.74, 6) is -2.19. The number of hydrogen-bond donors (Lipinski definition) is 3. The number of methoxy groups -OCH3 is 1. The SMILES string of the molecule is COc1cccc(C(C)NC(=O)N2C(=O)[C@H]([C@@H](C)c3ccnc(N)c3)[C@H]2C(=O)O)c1. The number of nitrogens with zero attached hydrogens (tertiary/aromatic N) is 2. The molecule has 158 valence electrons. The third-order valence-electron chi connectivity index (χ3n) is 5.42. The van der Waals surface area contributed by atoms with E-state index in [2.05, 4.69) is 10.3 Å². The molecule has 1 aliphatic rings. The zero-order chi connectivity index (χ0) is 22.0. The number of urea groups is 1. The fourth-order valence-electron chi connectivity index (χ4n) is 3.69. The van der Waals surface area contributed by atoms with E-state index in [1.807, 2.05) is 0 Å². The number of pyridine rings is 1. The van der Waals surface area contributed by atoms with Gasteiger partial charge in [0.15, 0.2) is 6.04 Å². The third kappa shape index (κ3) is 3.91. The smallest absolute Gasteiger partial charge is 0.327 e. The molecule has 4 atom stereocenters. The van der Waals surface area contributed by atoms with Crippen LogP contribution in [0.2, 0.25) is 0 Å². The number of anilines is 1. The van der Waals surface area contributed by atoms with E-state index < -0.39 is 41.8 Å². The molecule has 3 rings (SSSR count). The van der Waals surface area contributed by atoms with Crippen molar-refractivity contribution in [3.8, 4) is 5.75 Å². The van der Waals surface area contributed by atoms with Gasteiger partial charge in [0.25, 0.3) is 0 Å². The predicted molar refractivity (Wildman–Crippen MR) is 109 cm³/mol. The van der Waals surface area contributed by atoms with Gasteiger partial charge in [0.2, 0.25) is 5.91 Å². The second-order valence-corrected chi connectivity index (χ2v) is 7.27. The Bertz CT molecular complexity index is 979. The number of likely N-dealkylation sites (tertiary alicyclic amines) is 1. The van der Waals surface area contributed by atoms with Crippen molar-refractivity contribution in [2.24, 2.45) is 5.92 Å². The summed E-state index contributed by atoms with van der Waals surface area (Å²) in [6.45, 7) is 3.48. The summed E-state index contributed by atoms with van der Waals surface area (Å²) in [5, 5.41) is 12.4. The zero-order valence-corrected chi connectivity index (χ0v) is 16.9. The van der Waals surface area contributed by atoms with Gasteiger partial charge in [0.05, 0.1) is 19.1 Å². The Morgan fingerprint density at radius 2 is 1.97 bits per heavy atom. The summed E-state index contributed by atoms with van der Waals surface area (Å²) in [6.07, 6.45) is 1.50. The van der Waals surface area contributed by atoms with Crippen LogP contribution in [0.25, 0.3) is 0 Å². The van der Waals surface area contributed by atoms with E-state index in [4.69, 9.17) is 10.5 Å². The molecule has 9 nitrogen and oxygen atoms in total. The molecule has 4 N–H and O–H groups in total. The number of carbonyl (C=O) groups is 3. The average molecular weight is 412 g/mol. The second-order valence-electron chi connectivity index (χ2n) is 7.27. The Morgan fingerprint density at radius 1 is 1.23 bits per heavy atom. The first-order valence-corrected chi connectivity index (χ1v) is 9.46. The van der Waals surface area contributed by atoms with Gasteiger partial charge in [0.1, 0.15) is 11.6 Å². The Hall–Kier alpha value is -3.62. The van der Waals surface area contributed by atoms with E-state index in [1.54, 1.807) is 50.2 Å². The summed E-state index contributed by atoms with van der Waals surface area (Å²) in [6, 6.07) is 7.94. The van der Waals surface area contributed by atoms with Gasteiger partial charge in [-0.2, -0.15) is 0 Å². The lowest BCUT2D eigenvalue weighted by atomic mass is 9.75. The Balaban J connectivity index is 1.76. The summed E-state index contributed by atoms with van der Waals surface area (Å²) < 4.78 is 5.18. The maximum absolute atomic E-state index is 12.8. The lowest BCUT2D eigenvalue weighted by Gasteiger charge is -2.45. The van der Waals surface area contributed by atoms with Gasteiger partial charge < -0.3 is 20.9 Å². The van der Waals surface area contributed by atoms with Gasteiger partial charge >= 0.3 is 12.0 Å². The number of carboxylic acids is 1. The molecule has 2 heterocycles. The minimum Gasteiger partial charge on any atom is -0.497 e. The third-order valence-corrected chi connectivity index (χ3v) is 5.42. The number of carbonyl (C=O) groups excluding carboxylic acids is 2. The van der Waals surface area contributed by atoms with Crippen molar-refractivity contribution in [3.63, 3.8) is 0 Å². The number of amides is 3. The minimum atomic E-state index is -1.26. The predicted octanol–water partition coefficient (Wildman–Crippen LogP) is 2.16. The molecule has 9 heteroatoms. The number of aromatic nitrogens is 1. The quantitative estimate of drug-likeness (QED) is 0.619. The summed E-state index contributed by atoms with van der Waals surface area (Å²) in [4.78, 5) is 42.0. The molecule has 2 aromatic rings. The first-order chi connectivity index (χ1) is 14.2. The Kier molecular flexibility index (Phi) is 5.91. The summed E-state index contributed by atoms with van der Waals surface area (Å²) in [7, 11) is 1.54. The number of β-lactam (4-membered cyclic amide) rings is 1. The van der Waals surface area contributed by atoms with Crippen LogP contribution in [0.15, 0.2) is 42.6 Å².